The van der Waals surface area contributed by atoms with Crippen molar-refractivity contribution >= 4 is 17.2 Å². The lowest BCUT2D eigenvalue weighted by atomic mass is 9.87. The van der Waals surface area contributed by atoms with Crippen molar-refractivity contribution in [2.75, 3.05) is 26.7 Å². The molecule has 1 aromatic heterocycles. The minimum Gasteiger partial charge on any atom is -0.496 e. The number of rotatable bonds is 7. The standard InChI is InChI=1S/C24H32N2O2S/c1-3-17-10-11-22-18(14-17)15-23(29-22)24(27)25-16-20(26-12-6-7-13-26)19-8-4-5-9-21(19)28-2/h4-5,8-9,15,17,20H,3,6-7,10-14,16H2,1-2H3,(H,25,27)/t17-,20-/m0/s1. The van der Waals surface area contributed by atoms with Crippen molar-refractivity contribution in [1.29, 1.82) is 0 Å². The molecule has 1 aliphatic carbocycles. The van der Waals surface area contributed by atoms with Crippen LogP contribution in [0.15, 0.2) is 30.3 Å². The van der Waals surface area contributed by atoms with Crippen LogP contribution >= 0.6 is 11.3 Å². The molecule has 1 aliphatic heterocycles. The van der Waals surface area contributed by atoms with E-state index in [-0.39, 0.29) is 11.9 Å². The summed E-state index contributed by atoms with van der Waals surface area (Å²) < 4.78 is 5.62. The van der Waals surface area contributed by atoms with Crippen LogP contribution in [0.4, 0.5) is 0 Å². The Bertz CT molecular complexity index is 841. The fourth-order valence-corrected chi connectivity index (χ4v) is 5.89. The molecular weight excluding hydrogens is 380 g/mol. The van der Waals surface area contributed by atoms with Gasteiger partial charge in [-0.15, -0.1) is 11.3 Å². The van der Waals surface area contributed by atoms with Crippen LogP contribution in [0.2, 0.25) is 0 Å². The average molecular weight is 413 g/mol. The van der Waals surface area contributed by atoms with Gasteiger partial charge in [0.15, 0.2) is 0 Å². The number of thiophene rings is 1. The Hall–Kier alpha value is -1.85. The molecule has 2 aliphatic rings. The first-order valence-electron chi connectivity index (χ1n) is 11.0. The van der Waals surface area contributed by atoms with Crippen molar-refractivity contribution in [2.24, 2.45) is 5.92 Å². The average Bonchev–Trinajstić information content (AvgIpc) is 3.43. The molecule has 0 bridgehead atoms. The maximum Gasteiger partial charge on any atom is 0.261 e. The smallest absolute Gasteiger partial charge is 0.261 e. The van der Waals surface area contributed by atoms with Crippen molar-refractivity contribution in [3.8, 4) is 5.75 Å². The number of carbonyl (C=O) groups is 1. The predicted octanol–water partition coefficient (Wildman–Crippen LogP) is 4.84. The molecule has 4 rings (SSSR count). The Labute approximate surface area is 178 Å². The second kappa shape index (κ2) is 9.31. The molecule has 156 valence electrons. The molecular formula is C24H32N2O2S. The first kappa shape index (κ1) is 20.4. The second-order valence-electron chi connectivity index (χ2n) is 8.29. The zero-order valence-corrected chi connectivity index (χ0v) is 18.4. The number of methoxy groups -OCH3 is 1. The number of ether oxygens (including phenoxy) is 1. The van der Waals surface area contributed by atoms with Gasteiger partial charge in [-0.1, -0.05) is 31.5 Å². The van der Waals surface area contributed by atoms with E-state index in [1.807, 2.05) is 12.1 Å². The highest BCUT2D eigenvalue weighted by Gasteiger charge is 2.27. The normalized spacial score (nSPS) is 20.3. The summed E-state index contributed by atoms with van der Waals surface area (Å²) in [6.45, 7) is 5.03. The molecule has 1 amide bonds. The first-order valence-corrected chi connectivity index (χ1v) is 11.8. The van der Waals surface area contributed by atoms with E-state index in [9.17, 15) is 4.79 Å². The lowest BCUT2D eigenvalue weighted by Gasteiger charge is -2.29. The summed E-state index contributed by atoms with van der Waals surface area (Å²) >= 11 is 1.69. The topological polar surface area (TPSA) is 41.6 Å². The molecule has 2 aromatic rings. The Morgan fingerprint density at radius 1 is 1.31 bits per heavy atom. The van der Waals surface area contributed by atoms with Crippen LogP contribution in [0.25, 0.3) is 0 Å². The van der Waals surface area contributed by atoms with Gasteiger partial charge in [-0.3, -0.25) is 9.69 Å². The molecule has 5 heteroatoms. The molecule has 1 N–H and O–H groups in total. The fourth-order valence-electron chi connectivity index (χ4n) is 4.77. The number of benzene rings is 1. The van der Waals surface area contributed by atoms with Gasteiger partial charge in [0.25, 0.3) is 5.91 Å². The summed E-state index contributed by atoms with van der Waals surface area (Å²) in [6, 6.07) is 10.5. The summed E-state index contributed by atoms with van der Waals surface area (Å²) in [4.78, 5) is 17.7. The number of nitrogens with zero attached hydrogens (tertiary/aromatic N) is 1. The summed E-state index contributed by atoms with van der Waals surface area (Å²) in [7, 11) is 1.72. The number of fused-ring (bicyclic) bond motifs is 1. The highest BCUT2D eigenvalue weighted by Crippen LogP contribution is 2.34. The van der Waals surface area contributed by atoms with Gasteiger partial charge >= 0.3 is 0 Å². The first-order chi connectivity index (χ1) is 14.2. The minimum atomic E-state index is 0.0662. The van der Waals surface area contributed by atoms with Crippen molar-refractivity contribution in [3.63, 3.8) is 0 Å². The van der Waals surface area contributed by atoms with Crippen LogP contribution in [0.1, 0.15) is 64.3 Å². The van der Waals surface area contributed by atoms with Crippen molar-refractivity contribution < 1.29 is 9.53 Å². The number of likely N-dealkylation sites (tertiary alicyclic amines) is 1. The van der Waals surface area contributed by atoms with Crippen molar-refractivity contribution in [3.05, 3.63) is 51.2 Å². The van der Waals surface area contributed by atoms with E-state index in [2.05, 4.69) is 35.3 Å². The number of para-hydroxylation sites is 1. The Balaban J connectivity index is 1.48. The van der Waals surface area contributed by atoms with Crippen LogP contribution in [0, 0.1) is 5.92 Å². The van der Waals surface area contributed by atoms with Crippen LogP contribution in [-0.4, -0.2) is 37.6 Å². The van der Waals surface area contributed by atoms with Gasteiger partial charge in [-0.25, -0.2) is 0 Å². The molecule has 0 unspecified atom stereocenters. The zero-order valence-electron chi connectivity index (χ0n) is 17.6. The molecule has 29 heavy (non-hydrogen) atoms. The summed E-state index contributed by atoms with van der Waals surface area (Å²) in [6.07, 6.45) is 7.19. The molecule has 2 heterocycles. The Kier molecular flexibility index (Phi) is 6.56. The van der Waals surface area contributed by atoms with Crippen LogP contribution in [0.5, 0.6) is 5.75 Å². The quantitative estimate of drug-likeness (QED) is 0.708. The van der Waals surface area contributed by atoms with Gasteiger partial charge in [-0.2, -0.15) is 0 Å². The number of carbonyl (C=O) groups excluding carboxylic acids is 1. The highest BCUT2D eigenvalue weighted by atomic mass is 32.1. The number of hydrogen-bond acceptors (Lipinski definition) is 4. The monoisotopic (exact) mass is 412 g/mol. The van der Waals surface area contributed by atoms with Crippen LogP contribution in [0.3, 0.4) is 0 Å². The number of aryl methyl sites for hydroxylation is 1. The third-order valence-electron chi connectivity index (χ3n) is 6.52. The maximum absolute atomic E-state index is 13.0. The minimum absolute atomic E-state index is 0.0662. The van der Waals surface area contributed by atoms with Gasteiger partial charge in [0.05, 0.1) is 18.0 Å². The van der Waals surface area contributed by atoms with Crippen LogP contribution < -0.4 is 10.1 Å². The third-order valence-corrected chi connectivity index (χ3v) is 7.76. The summed E-state index contributed by atoms with van der Waals surface area (Å²) in [5.74, 6) is 1.74. The van der Waals surface area contributed by atoms with E-state index in [0.29, 0.717) is 6.54 Å². The Morgan fingerprint density at radius 3 is 2.86 bits per heavy atom. The third kappa shape index (κ3) is 4.51. The van der Waals surface area contributed by atoms with E-state index in [4.69, 9.17) is 4.74 Å². The molecule has 1 fully saturated rings. The molecule has 1 saturated heterocycles. The van der Waals surface area contributed by atoms with Gasteiger partial charge in [0, 0.05) is 17.0 Å². The molecule has 1 aromatic carbocycles. The van der Waals surface area contributed by atoms with E-state index in [1.54, 1.807) is 18.4 Å². The van der Waals surface area contributed by atoms with E-state index < -0.39 is 0 Å². The van der Waals surface area contributed by atoms with E-state index in [1.165, 1.54) is 36.1 Å². The van der Waals surface area contributed by atoms with Crippen molar-refractivity contribution in [1.82, 2.24) is 10.2 Å². The zero-order chi connectivity index (χ0) is 20.2. The largest absolute Gasteiger partial charge is 0.496 e. The molecule has 0 saturated carbocycles. The number of nitrogens with one attached hydrogen (secondary N) is 1. The highest BCUT2D eigenvalue weighted by molar-refractivity contribution is 7.14. The van der Waals surface area contributed by atoms with Gasteiger partial charge < -0.3 is 10.1 Å². The number of hydrogen-bond donors (Lipinski definition) is 1. The van der Waals surface area contributed by atoms with Gasteiger partial charge in [0.1, 0.15) is 5.75 Å². The van der Waals surface area contributed by atoms with Gasteiger partial charge in [-0.05, 0) is 68.8 Å². The van der Waals surface area contributed by atoms with E-state index >= 15 is 0 Å². The molecule has 0 radical (unpaired) electrons. The lowest BCUT2D eigenvalue weighted by Crippen LogP contribution is -2.36. The Morgan fingerprint density at radius 2 is 2.10 bits per heavy atom. The SMILES string of the molecule is CC[C@H]1CCc2sc(C(=O)NC[C@@H](c3ccccc3OC)N3CCCC3)cc2C1. The molecule has 4 nitrogen and oxygen atoms in total. The maximum atomic E-state index is 13.0. The number of amides is 1. The van der Waals surface area contributed by atoms with E-state index in [0.717, 1.165) is 48.0 Å². The van der Waals surface area contributed by atoms with Crippen molar-refractivity contribution in [2.45, 2.75) is 51.5 Å². The lowest BCUT2D eigenvalue weighted by molar-refractivity contribution is 0.0941. The second-order valence-corrected chi connectivity index (χ2v) is 9.42. The molecule has 2 atom stereocenters. The fraction of sp³-hybridized carbons (Fsp3) is 0.542. The summed E-state index contributed by atoms with van der Waals surface area (Å²) in [5, 5.41) is 3.23. The van der Waals surface area contributed by atoms with Gasteiger partial charge in [0.2, 0.25) is 0 Å². The molecule has 0 spiro atoms. The predicted molar refractivity (Wildman–Crippen MR) is 119 cm³/mol. The summed E-state index contributed by atoms with van der Waals surface area (Å²) in [5.41, 5.74) is 2.56. The van der Waals surface area contributed by atoms with Crippen LogP contribution in [-0.2, 0) is 12.8 Å².